The SMILES string of the molecule is CC(Cn1ccc(N)n1)C1CCCCC1. The van der Waals surface area contributed by atoms with Gasteiger partial charge in [-0.25, -0.2) is 0 Å². The van der Waals surface area contributed by atoms with E-state index in [0.717, 1.165) is 18.4 Å². The maximum atomic E-state index is 5.60. The molecule has 3 nitrogen and oxygen atoms in total. The summed E-state index contributed by atoms with van der Waals surface area (Å²) in [6.45, 7) is 3.36. The second-order valence-corrected chi connectivity index (χ2v) is 4.84. The molecule has 84 valence electrons. The molecule has 1 saturated carbocycles. The van der Waals surface area contributed by atoms with E-state index < -0.39 is 0 Å². The van der Waals surface area contributed by atoms with Crippen LogP contribution in [0.5, 0.6) is 0 Å². The molecule has 0 saturated heterocycles. The van der Waals surface area contributed by atoms with Gasteiger partial charge in [-0.2, -0.15) is 5.10 Å². The van der Waals surface area contributed by atoms with Crippen molar-refractivity contribution in [3.8, 4) is 0 Å². The summed E-state index contributed by atoms with van der Waals surface area (Å²) in [5, 5.41) is 4.24. The Bertz CT molecular complexity index is 300. The van der Waals surface area contributed by atoms with Crippen LogP contribution >= 0.6 is 0 Å². The Labute approximate surface area is 91.7 Å². The van der Waals surface area contributed by atoms with Gasteiger partial charge in [0.25, 0.3) is 0 Å². The molecule has 2 rings (SSSR count). The summed E-state index contributed by atoms with van der Waals surface area (Å²) >= 11 is 0. The second-order valence-electron chi connectivity index (χ2n) is 4.84. The van der Waals surface area contributed by atoms with Crippen LogP contribution in [0.3, 0.4) is 0 Å². The molecule has 1 aliphatic carbocycles. The van der Waals surface area contributed by atoms with Crippen LogP contribution in [0.2, 0.25) is 0 Å². The molecule has 0 radical (unpaired) electrons. The van der Waals surface area contributed by atoms with E-state index in [-0.39, 0.29) is 0 Å². The Hall–Kier alpha value is -0.990. The largest absolute Gasteiger partial charge is 0.382 e. The van der Waals surface area contributed by atoms with Crippen molar-refractivity contribution in [3.63, 3.8) is 0 Å². The molecule has 1 heterocycles. The number of anilines is 1. The van der Waals surface area contributed by atoms with Gasteiger partial charge in [0.05, 0.1) is 0 Å². The van der Waals surface area contributed by atoms with Gasteiger partial charge in [0.15, 0.2) is 0 Å². The van der Waals surface area contributed by atoms with Gasteiger partial charge in [-0.05, 0) is 17.9 Å². The number of hydrogen-bond donors (Lipinski definition) is 1. The minimum atomic E-state index is 0.630. The molecule has 1 aromatic rings. The van der Waals surface area contributed by atoms with Crippen molar-refractivity contribution in [3.05, 3.63) is 12.3 Å². The lowest BCUT2D eigenvalue weighted by Gasteiger charge is -2.27. The van der Waals surface area contributed by atoms with Crippen molar-refractivity contribution in [2.45, 2.75) is 45.6 Å². The third-order valence-electron chi connectivity index (χ3n) is 3.59. The molecule has 0 aromatic carbocycles. The van der Waals surface area contributed by atoms with Crippen molar-refractivity contribution >= 4 is 5.82 Å². The maximum Gasteiger partial charge on any atom is 0.145 e. The smallest absolute Gasteiger partial charge is 0.145 e. The first kappa shape index (κ1) is 10.5. The Morgan fingerprint density at radius 3 is 2.80 bits per heavy atom. The van der Waals surface area contributed by atoms with E-state index in [2.05, 4.69) is 12.0 Å². The first-order valence-electron chi connectivity index (χ1n) is 6.04. The molecule has 2 N–H and O–H groups in total. The van der Waals surface area contributed by atoms with Crippen LogP contribution in [0.1, 0.15) is 39.0 Å². The van der Waals surface area contributed by atoms with E-state index in [4.69, 9.17) is 5.73 Å². The molecule has 0 amide bonds. The van der Waals surface area contributed by atoms with E-state index >= 15 is 0 Å². The molecule has 0 bridgehead atoms. The molecule has 1 fully saturated rings. The average molecular weight is 207 g/mol. The van der Waals surface area contributed by atoms with E-state index in [9.17, 15) is 0 Å². The maximum absolute atomic E-state index is 5.60. The van der Waals surface area contributed by atoms with Crippen molar-refractivity contribution in [2.24, 2.45) is 11.8 Å². The highest BCUT2D eigenvalue weighted by atomic mass is 15.3. The Balaban J connectivity index is 1.88. The number of aromatic nitrogens is 2. The topological polar surface area (TPSA) is 43.8 Å². The molecule has 3 heteroatoms. The molecular weight excluding hydrogens is 186 g/mol. The van der Waals surface area contributed by atoms with E-state index in [1.807, 2.05) is 16.9 Å². The van der Waals surface area contributed by atoms with Crippen molar-refractivity contribution < 1.29 is 0 Å². The normalized spacial score (nSPS) is 20.3. The molecule has 0 spiro atoms. The fourth-order valence-corrected chi connectivity index (χ4v) is 2.63. The first-order chi connectivity index (χ1) is 7.25. The van der Waals surface area contributed by atoms with Crippen LogP contribution in [0.4, 0.5) is 5.82 Å². The third-order valence-corrected chi connectivity index (χ3v) is 3.59. The summed E-state index contributed by atoms with van der Waals surface area (Å²) in [6, 6.07) is 1.87. The monoisotopic (exact) mass is 207 g/mol. The highest BCUT2D eigenvalue weighted by molar-refractivity contribution is 5.23. The lowest BCUT2D eigenvalue weighted by atomic mass is 9.81. The number of hydrogen-bond acceptors (Lipinski definition) is 2. The van der Waals surface area contributed by atoms with Gasteiger partial charge in [0.2, 0.25) is 0 Å². The number of nitrogens with two attached hydrogens (primary N) is 1. The molecule has 1 atom stereocenters. The van der Waals surface area contributed by atoms with Gasteiger partial charge in [0, 0.05) is 12.7 Å². The predicted octanol–water partition coefficient (Wildman–Crippen LogP) is 2.68. The fraction of sp³-hybridized carbons (Fsp3) is 0.750. The average Bonchev–Trinajstić information content (AvgIpc) is 2.65. The predicted molar refractivity (Wildman–Crippen MR) is 62.4 cm³/mol. The van der Waals surface area contributed by atoms with Gasteiger partial charge in [-0.15, -0.1) is 0 Å². The number of rotatable bonds is 3. The Morgan fingerprint density at radius 1 is 1.47 bits per heavy atom. The summed E-state index contributed by atoms with van der Waals surface area (Å²) < 4.78 is 1.98. The molecule has 1 unspecified atom stereocenters. The lowest BCUT2D eigenvalue weighted by Crippen LogP contribution is -2.20. The van der Waals surface area contributed by atoms with Crippen LogP contribution in [0.25, 0.3) is 0 Å². The van der Waals surface area contributed by atoms with Gasteiger partial charge in [-0.3, -0.25) is 4.68 Å². The quantitative estimate of drug-likeness (QED) is 0.828. The highest BCUT2D eigenvalue weighted by Crippen LogP contribution is 2.30. The van der Waals surface area contributed by atoms with E-state index in [0.29, 0.717) is 5.82 Å². The number of nitrogens with zero attached hydrogens (tertiary/aromatic N) is 2. The molecule has 1 aliphatic rings. The van der Waals surface area contributed by atoms with Gasteiger partial charge >= 0.3 is 0 Å². The van der Waals surface area contributed by atoms with Gasteiger partial charge < -0.3 is 5.73 Å². The van der Waals surface area contributed by atoms with Gasteiger partial charge in [-0.1, -0.05) is 39.0 Å². The minimum absolute atomic E-state index is 0.630. The molecule has 1 aromatic heterocycles. The van der Waals surface area contributed by atoms with E-state index in [1.54, 1.807) is 0 Å². The van der Waals surface area contributed by atoms with Crippen molar-refractivity contribution in [1.82, 2.24) is 9.78 Å². The molecule has 0 aliphatic heterocycles. The Kier molecular flexibility index (Phi) is 3.29. The van der Waals surface area contributed by atoms with Crippen molar-refractivity contribution in [2.75, 3.05) is 5.73 Å². The molecular formula is C12H21N3. The summed E-state index contributed by atoms with van der Waals surface area (Å²) in [7, 11) is 0. The number of nitrogen functional groups attached to an aromatic ring is 1. The zero-order chi connectivity index (χ0) is 10.7. The van der Waals surface area contributed by atoms with Crippen molar-refractivity contribution in [1.29, 1.82) is 0 Å². The zero-order valence-electron chi connectivity index (χ0n) is 9.52. The van der Waals surface area contributed by atoms with Crippen LogP contribution in [0.15, 0.2) is 12.3 Å². The van der Waals surface area contributed by atoms with Crippen LogP contribution in [0, 0.1) is 11.8 Å². The fourth-order valence-electron chi connectivity index (χ4n) is 2.63. The second kappa shape index (κ2) is 4.69. The molecule has 15 heavy (non-hydrogen) atoms. The minimum Gasteiger partial charge on any atom is -0.382 e. The van der Waals surface area contributed by atoms with Crippen LogP contribution in [-0.2, 0) is 6.54 Å². The Morgan fingerprint density at radius 2 is 2.20 bits per heavy atom. The lowest BCUT2D eigenvalue weighted by molar-refractivity contribution is 0.235. The van der Waals surface area contributed by atoms with E-state index in [1.165, 1.54) is 32.1 Å². The first-order valence-corrected chi connectivity index (χ1v) is 6.04. The van der Waals surface area contributed by atoms with Crippen LogP contribution in [-0.4, -0.2) is 9.78 Å². The van der Waals surface area contributed by atoms with Gasteiger partial charge in [0.1, 0.15) is 5.82 Å². The summed E-state index contributed by atoms with van der Waals surface area (Å²) in [4.78, 5) is 0. The summed E-state index contributed by atoms with van der Waals surface area (Å²) in [5.41, 5.74) is 5.60. The third kappa shape index (κ3) is 2.74. The summed E-state index contributed by atoms with van der Waals surface area (Å²) in [6.07, 6.45) is 9.04. The highest BCUT2D eigenvalue weighted by Gasteiger charge is 2.20. The van der Waals surface area contributed by atoms with Crippen LogP contribution < -0.4 is 5.73 Å². The summed E-state index contributed by atoms with van der Waals surface area (Å²) in [5.74, 6) is 2.25. The standard InChI is InChI=1S/C12H21N3/c1-10(11-5-3-2-4-6-11)9-15-8-7-12(13)14-15/h7-8,10-11H,2-6,9H2,1H3,(H2,13,14). The zero-order valence-corrected chi connectivity index (χ0v) is 9.52.